The minimum absolute atomic E-state index is 0.0968. The number of hydrogen-bond donors (Lipinski definition) is 1. The average molecular weight is 247 g/mol. The van der Waals surface area contributed by atoms with E-state index < -0.39 is 0 Å². The molecule has 5 heteroatoms. The highest BCUT2D eigenvalue weighted by molar-refractivity contribution is 5.58. The number of aromatic nitrogens is 4. The van der Waals surface area contributed by atoms with Crippen LogP contribution in [0.1, 0.15) is 26.3 Å². The summed E-state index contributed by atoms with van der Waals surface area (Å²) < 4.78 is 3.70. The molecule has 2 heterocycles. The summed E-state index contributed by atoms with van der Waals surface area (Å²) in [6, 6.07) is 1.99. The monoisotopic (exact) mass is 247 g/mol. The minimum Gasteiger partial charge on any atom is -0.308 e. The number of hydrogen-bond acceptors (Lipinski definition) is 3. The minimum atomic E-state index is 0.0968. The van der Waals surface area contributed by atoms with Crippen LogP contribution in [0, 0.1) is 0 Å². The van der Waals surface area contributed by atoms with Gasteiger partial charge < -0.3 is 5.32 Å². The lowest BCUT2D eigenvalue weighted by Gasteiger charge is -2.20. The van der Waals surface area contributed by atoms with Gasteiger partial charge in [-0.05, 0) is 26.8 Å². The van der Waals surface area contributed by atoms with Crippen molar-refractivity contribution in [1.82, 2.24) is 24.9 Å². The van der Waals surface area contributed by atoms with E-state index in [0.29, 0.717) is 0 Å². The molecule has 0 unspecified atom stereocenters. The van der Waals surface area contributed by atoms with Crippen LogP contribution in [0.2, 0.25) is 0 Å². The second kappa shape index (κ2) is 4.57. The van der Waals surface area contributed by atoms with E-state index in [1.165, 1.54) is 5.56 Å². The molecule has 5 nitrogen and oxygen atoms in total. The van der Waals surface area contributed by atoms with Crippen molar-refractivity contribution >= 4 is 0 Å². The molecule has 1 N–H and O–H groups in total. The Morgan fingerprint density at radius 2 is 2.00 bits per heavy atom. The van der Waals surface area contributed by atoms with Gasteiger partial charge in [-0.25, -0.2) is 0 Å². The Kier molecular flexibility index (Phi) is 3.26. The lowest BCUT2D eigenvalue weighted by atomic mass is 10.1. The molecule has 2 aromatic heterocycles. The van der Waals surface area contributed by atoms with Crippen LogP contribution < -0.4 is 5.32 Å². The first kappa shape index (κ1) is 12.8. The van der Waals surface area contributed by atoms with Gasteiger partial charge in [0.2, 0.25) is 0 Å². The summed E-state index contributed by atoms with van der Waals surface area (Å²) in [7, 11) is 3.88. The van der Waals surface area contributed by atoms with Gasteiger partial charge in [0.1, 0.15) is 5.69 Å². The summed E-state index contributed by atoms with van der Waals surface area (Å²) in [5.41, 5.74) is 3.33. The molecule has 0 radical (unpaired) electrons. The molecule has 0 bridgehead atoms. The van der Waals surface area contributed by atoms with Gasteiger partial charge >= 0.3 is 0 Å². The van der Waals surface area contributed by atoms with Crippen LogP contribution in [-0.2, 0) is 20.6 Å². The van der Waals surface area contributed by atoms with E-state index in [0.717, 1.165) is 17.9 Å². The van der Waals surface area contributed by atoms with Crippen molar-refractivity contribution in [2.75, 3.05) is 0 Å². The summed E-state index contributed by atoms with van der Waals surface area (Å²) in [4.78, 5) is 0. The van der Waals surface area contributed by atoms with Gasteiger partial charge in [0.25, 0.3) is 0 Å². The molecule has 0 spiro atoms. The largest absolute Gasteiger partial charge is 0.308 e. The Bertz CT molecular complexity index is 530. The van der Waals surface area contributed by atoms with E-state index in [2.05, 4.69) is 42.5 Å². The summed E-state index contributed by atoms with van der Waals surface area (Å²) >= 11 is 0. The van der Waals surface area contributed by atoms with E-state index >= 15 is 0 Å². The maximum Gasteiger partial charge on any atom is 0.115 e. The van der Waals surface area contributed by atoms with Crippen molar-refractivity contribution < 1.29 is 0 Å². The van der Waals surface area contributed by atoms with Crippen molar-refractivity contribution in [2.24, 2.45) is 14.1 Å². The maximum atomic E-state index is 4.53. The standard InChI is InChI=1S/C13H21N5/c1-13(2,3)14-8-10-9-17(4)16-12(10)11-6-7-15-18(11)5/h6-7,9,14H,8H2,1-5H3. The summed E-state index contributed by atoms with van der Waals surface area (Å²) in [5, 5.41) is 12.2. The SMILES string of the molecule is Cn1cc(CNC(C)(C)C)c(-c2ccnn2C)n1. The van der Waals surface area contributed by atoms with E-state index in [1.807, 2.05) is 29.5 Å². The summed E-state index contributed by atoms with van der Waals surface area (Å²) in [6.45, 7) is 7.28. The number of aryl methyl sites for hydroxylation is 2. The van der Waals surface area contributed by atoms with Gasteiger partial charge in [0.15, 0.2) is 0 Å². The Labute approximate surface area is 108 Å². The lowest BCUT2D eigenvalue weighted by molar-refractivity contribution is 0.424. The number of rotatable bonds is 3. The highest BCUT2D eigenvalue weighted by Gasteiger charge is 2.15. The molecule has 98 valence electrons. The van der Waals surface area contributed by atoms with Crippen LogP contribution in [0.5, 0.6) is 0 Å². The first-order valence-electron chi connectivity index (χ1n) is 6.13. The van der Waals surface area contributed by atoms with Gasteiger partial charge in [-0.15, -0.1) is 0 Å². The Morgan fingerprint density at radius 1 is 1.28 bits per heavy atom. The zero-order valence-corrected chi connectivity index (χ0v) is 11.7. The molecule has 2 rings (SSSR count). The van der Waals surface area contributed by atoms with E-state index in [9.17, 15) is 0 Å². The van der Waals surface area contributed by atoms with Crippen LogP contribution in [0.25, 0.3) is 11.4 Å². The summed E-state index contributed by atoms with van der Waals surface area (Å²) in [5.74, 6) is 0. The zero-order valence-electron chi connectivity index (χ0n) is 11.7. The number of nitrogens with one attached hydrogen (secondary N) is 1. The van der Waals surface area contributed by atoms with Crippen LogP contribution in [0.3, 0.4) is 0 Å². The summed E-state index contributed by atoms with van der Waals surface area (Å²) in [6.07, 6.45) is 3.85. The van der Waals surface area contributed by atoms with Gasteiger partial charge in [0.05, 0.1) is 5.69 Å². The first-order chi connectivity index (χ1) is 8.37. The third-order valence-electron chi connectivity index (χ3n) is 2.78. The Morgan fingerprint density at radius 3 is 2.56 bits per heavy atom. The van der Waals surface area contributed by atoms with E-state index in [-0.39, 0.29) is 5.54 Å². The molecule has 0 saturated heterocycles. The van der Waals surface area contributed by atoms with Gasteiger partial charge in [0, 0.05) is 44.1 Å². The molecule has 0 atom stereocenters. The molecular formula is C13H21N5. The molecule has 0 saturated carbocycles. The Hall–Kier alpha value is -1.62. The molecule has 18 heavy (non-hydrogen) atoms. The van der Waals surface area contributed by atoms with Crippen LogP contribution in [0.4, 0.5) is 0 Å². The van der Waals surface area contributed by atoms with Crippen molar-refractivity contribution in [3.05, 3.63) is 24.0 Å². The topological polar surface area (TPSA) is 47.7 Å². The Balaban J connectivity index is 2.29. The van der Waals surface area contributed by atoms with Crippen molar-refractivity contribution in [1.29, 1.82) is 0 Å². The predicted molar refractivity (Wildman–Crippen MR) is 72.0 cm³/mol. The number of nitrogens with zero attached hydrogens (tertiary/aromatic N) is 4. The second-order valence-corrected chi connectivity index (χ2v) is 5.62. The van der Waals surface area contributed by atoms with Crippen LogP contribution >= 0.6 is 0 Å². The average Bonchev–Trinajstić information content (AvgIpc) is 2.80. The molecule has 2 aromatic rings. The fraction of sp³-hybridized carbons (Fsp3) is 0.538. The molecular weight excluding hydrogens is 226 g/mol. The highest BCUT2D eigenvalue weighted by Crippen LogP contribution is 2.21. The van der Waals surface area contributed by atoms with Gasteiger partial charge in [-0.3, -0.25) is 9.36 Å². The van der Waals surface area contributed by atoms with Crippen molar-refractivity contribution in [3.63, 3.8) is 0 Å². The van der Waals surface area contributed by atoms with Crippen LogP contribution in [0.15, 0.2) is 18.5 Å². The quantitative estimate of drug-likeness (QED) is 0.898. The normalized spacial score (nSPS) is 12.1. The maximum absolute atomic E-state index is 4.53. The first-order valence-corrected chi connectivity index (χ1v) is 6.13. The highest BCUT2D eigenvalue weighted by atomic mass is 15.3. The van der Waals surface area contributed by atoms with Gasteiger partial charge in [-0.1, -0.05) is 0 Å². The van der Waals surface area contributed by atoms with Gasteiger partial charge in [-0.2, -0.15) is 10.2 Å². The van der Waals surface area contributed by atoms with E-state index in [1.54, 1.807) is 6.20 Å². The van der Waals surface area contributed by atoms with Crippen molar-refractivity contribution in [2.45, 2.75) is 32.9 Å². The molecule has 0 aromatic carbocycles. The lowest BCUT2D eigenvalue weighted by Crippen LogP contribution is -2.35. The van der Waals surface area contributed by atoms with E-state index in [4.69, 9.17) is 0 Å². The smallest absolute Gasteiger partial charge is 0.115 e. The third-order valence-corrected chi connectivity index (χ3v) is 2.78. The molecule has 0 aliphatic rings. The van der Waals surface area contributed by atoms with Crippen LogP contribution in [-0.4, -0.2) is 25.1 Å². The second-order valence-electron chi connectivity index (χ2n) is 5.62. The molecule has 0 aliphatic heterocycles. The molecule has 0 aliphatic carbocycles. The molecule has 0 fully saturated rings. The van der Waals surface area contributed by atoms with Crippen molar-refractivity contribution in [3.8, 4) is 11.4 Å². The fourth-order valence-corrected chi connectivity index (χ4v) is 1.85. The molecule has 0 amide bonds. The predicted octanol–water partition coefficient (Wildman–Crippen LogP) is 1.71. The zero-order chi connectivity index (χ0) is 13.3. The fourth-order valence-electron chi connectivity index (χ4n) is 1.85. The third kappa shape index (κ3) is 2.79.